The van der Waals surface area contributed by atoms with Crippen molar-refractivity contribution in [1.82, 2.24) is 4.72 Å². The summed E-state index contributed by atoms with van der Waals surface area (Å²) < 4.78 is 32.1. The number of carbonyl (C=O) groups is 1. The van der Waals surface area contributed by atoms with Gasteiger partial charge >= 0.3 is 5.97 Å². The van der Waals surface area contributed by atoms with E-state index in [1.165, 1.54) is 23.9 Å². The van der Waals surface area contributed by atoms with Gasteiger partial charge in [-0.2, -0.15) is 0 Å². The third-order valence-electron chi connectivity index (χ3n) is 3.11. The molecule has 0 saturated heterocycles. The Bertz CT molecular complexity index is 920. The summed E-state index contributed by atoms with van der Waals surface area (Å²) in [6.45, 7) is -0.244. The molecule has 0 amide bonds. The molecular weight excluding hydrogens is 457 g/mol. The van der Waals surface area contributed by atoms with Gasteiger partial charge in [-0.1, -0.05) is 34.8 Å². The second-order valence-corrected chi connectivity index (χ2v) is 9.22. The molecule has 0 heterocycles. The van der Waals surface area contributed by atoms with Crippen molar-refractivity contribution in [3.05, 3.63) is 51.5 Å². The molecule has 0 spiro atoms. The summed E-state index contributed by atoms with van der Waals surface area (Å²) in [6, 6.07) is 9.29. The topological polar surface area (TPSA) is 92.7 Å². The molecule has 0 fully saturated rings. The maximum absolute atomic E-state index is 12.3. The quantitative estimate of drug-likeness (QED) is 0.324. The number of aliphatic carboxylic acids is 1. The molecule has 0 aliphatic carbocycles. The van der Waals surface area contributed by atoms with Crippen LogP contribution in [0.15, 0.2) is 46.2 Å². The Labute approximate surface area is 175 Å². The Kier molecular flexibility index (Phi) is 8.08. The summed E-state index contributed by atoms with van der Waals surface area (Å²) >= 11 is 19.0. The Morgan fingerprint density at radius 1 is 1.07 bits per heavy atom. The van der Waals surface area contributed by atoms with Crippen LogP contribution in [-0.2, 0) is 14.8 Å². The zero-order valence-electron chi connectivity index (χ0n) is 13.6. The first-order valence-electron chi connectivity index (χ1n) is 7.41. The van der Waals surface area contributed by atoms with Crippen LogP contribution in [0.25, 0.3) is 0 Å². The fourth-order valence-electron chi connectivity index (χ4n) is 1.91. The molecule has 0 bridgehead atoms. The molecule has 2 N–H and O–H groups in total. The molecule has 11 heteroatoms. The van der Waals surface area contributed by atoms with Crippen LogP contribution in [-0.4, -0.2) is 38.4 Å². The van der Waals surface area contributed by atoms with E-state index in [9.17, 15) is 13.2 Å². The fourth-order valence-corrected chi connectivity index (χ4v) is 4.84. The summed E-state index contributed by atoms with van der Waals surface area (Å²) in [5, 5.41) is 8.82. The maximum atomic E-state index is 12.3. The van der Waals surface area contributed by atoms with Crippen LogP contribution in [0.1, 0.15) is 0 Å². The zero-order chi connectivity index (χ0) is 20.0. The van der Waals surface area contributed by atoms with Crippen LogP contribution < -0.4 is 9.46 Å². The molecule has 0 unspecified atom stereocenters. The number of thioether (sulfide) groups is 1. The molecule has 27 heavy (non-hydrogen) atoms. The number of halogens is 3. The highest BCUT2D eigenvalue weighted by Gasteiger charge is 2.19. The van der Waals surface area contributed by atoms with Gasteiger partial charge in [-0.15, -0.1) is 11.8 Å². The van der Waals surface area contributed by atoms with Crippen LogP contribution >= 0.6 is 46.6 Å². The van der Waals surface area contributed by atoms with Crippen LogP contribution in [0.5, 0.6) is 5.75 Å². The van der Waals surface area contributed by atoms with Gasteiger partial charge in [-0.25, -0.2) is 17.9 Å². The van der Waals surface area contributed by atoms with Gasteiger partial charge in [0.1, 0.15) is 10.6 Å². The van der Waals surface area contributed by atoms with E-state index in [0.29, 0.717) is 11.5 Å². The van der Waals surface area contributed by atoms with Crippen molar-refractivity contribution in [1.29, 1.82) is 0 Å². The first-order chi connectivity index (χ1) is 12.7. The lowest BCUT2D eigenvalue weighted by Crippen LogP contribution is -2.26. The summed E-state index contributed by atoms with van der Waals surface area (Å²) in [5.74, 6) is -0.146. The number of ether oxygens (including phenoxy) is 1. The summed E-state index contributed by atoms with van der Waals surface area (Å²) in [6.07, 6.45) is 0. The van der Waals surface area contributed by atoms with Crippen molar-refractivity contribution >= 4 is 62.6 Å². The van der Waals surface area contributed by atoms with E-state index >= 15 is 0 Å². The number of rotatable bonds is 9. The van der Waals surface area contributed by atoms with Crippen molar-refractivity contribution in [3.8, 4) is 5.75 Å². The average Bonchev–Trinajstić information content (AvgIpc) is 2.61. The SMILES string of the molecule is O=C(O)COc1ccc(SCCNS(=O)(=O)c2cc(Cl)c(Cl)cc2Cl)cc1. The Morgan fingerprint density at radius 3 is 2.33 bits per heavy atom. The number of hydrogen-bond donors (Lipinski definition) is 2. The van der Waals surface area contributed by atoms with E-state index in [0.717, 1.165) is 4.90 Å². The highest BCUT2D eigenvalue weighted by Crippen LogP contribution is 2.31. The van der Waals surface area contributed by atoms with Crippen LogP contribution in [0.3, 0.4) is 0 Å². The minimum atomic E-state index is -3.82. The largest absolute Gasteiger partial charge is 0.482 e. The Hall–Kier alpha value is -1.16. The Morgan fingerprint density at radius 2 is 1.70 bits per heavy atom. The van der Waals surface area contributed by atoms with E-state index in [2.05, 4.69) is 4.72 Å². The summed E-state index contributed by atoms with van der Waals surface area (Å²) in [4.78, 5) is 11.2. The van der Waals surface area contributed by atoms with Crippen molar-refractivity contribution in [3.63, 3.8) is 0 Å². The van der Waals surface area contributed by atoms with Crippen molar-refractivity contribution in [2.45, 2.75) is 9.79 Å². The van der Waals surface area contributed by atoms with Crippen molar-refractivity contribution < 1.29 is 23.1 Å². The monoisotopic (exact) mass is 469 g/mol. The van der Waals surface area contributed by atoms with E-state index in [1.54, 1.807) is 24.3 Å². The average molecular weight is 471 g/mol. The van der Waals surface area contributed by atoms with Gasteiger partial charge in [-0.05, 0) is 36.4 Å². The Balaban J connectivity index is 1.87. The fraction of sp³-hybridized carbons (Fsp3) is 0.188. The first-order valence-corrected chi connectivity index (χ1v) is 11.0. The number of benzene rings is 2. The standard InChI is InChI=1S/C16H14Cl3NO5S2/c17-12-7-14(19)15(8-13(12)18)27(23,24)20-5-6-26-11-3-1-10(2-4-11)25-9-16(21)22/h1-4,7-8,20H,5-6,9H2,(H,21,22). The second kappa shape index (κ2) is 9.86. The summed E-state index contributed by atoms with van der Waals surface area (Å²) in [7, 11) is -3.82. The highest BCUT2D eigenvalue weighted by molar-refractivity contribution is 7.99. The molecule has 2 aromatic carbocycles. The molecule has 0 aliphatic heterocycles. The smallest absolute Gasteiger partial charge is 0.341 e. The minimum absolute atomic E-state index is 0.0125. The van der Waals surface area contributed by atoms with E-state index in [1.807, 2.05) is 0 Å². The van der Waals surface area contributed by atoms with Gasteiger partial charge < -0.3 is 9.84 Å². The van der Waals surface area contributed by atoms with Gasteiger partial charge in [0, 0.05) is 17.2 Å². The van der Waals surface area contributed by atoms with Gasteiger partial charge in [-0.3, -0.25) is 0 Å². The third-order valence-corrected chi connectivity index (χ3v) is 6.77. The molecule has 0 radical (unpaired) electrons. The van der Waals surface area contributed by atoms with E-state index in [-0.39, 0.29) is 26.5 Å². The molecule has 0 aliphatic rings. The predicted octanol–water partition coefficient (Wildman–Crippen LogP) is 4.18. The molecule has 0 atom stereocenters. The van der Waals surface area contributed by atoms with Crippen LogP contribution in [0.4, 0.5) is 0 Å². The molecule has 0 saturated carbocycles. The number of hydrogen-bond acceptors (Lipinski definition) is 5. The van der Waals surface area contributed by atoms with E-state index in [4.69, 9.17) is 44.6 Å². The molecule has 2 rings (SSSR count). The molecule has 146 valence electrons. The zero-order valence-corrected chi connectivity index (χ0v) is 17.5. The summed E-state index contributed by atoms with van der Waals surface area (Å²) in [5.41, 5.74) is 0. The maximum Gasteiger partial charge on any atom is 0.341 e. The molecular formula is C16H14Cl3NO5S2. The number of nitrogens with one attached hydrogen (secondary N) is 1. The van der Waals surface area contributed by atoms with Gasteiger partial charge in [0.15, 0.2) is 6.61 Å². The van der Waals surface area contributed by atoms with Gasteiger partial charge in [0.25, 0.3) is 0 Å². The molecule has 0 aromatic heterocycles. The van der Waals surface area contributed by atoms with Crippen molar-refractivity contribution in [2.75, 3.05) is 18.9 Å². The lowest BCUT2D eigenvalue weighted by Gasteiger charge is -2.10. The van der Waals surface area contributed by atoms with Crippen molar-refractivity contribution in [2.24, 2.45) is 0 Å². The first kappa shape index (κ1) is 22.1. The lowest BCUT2D eigenvalue weighted by atomic mass is 10.3. The van der Waals surface area contributed by atoms with Gasteiger partial charge in [0.2, 0.25) is 10.0 Å². The number of carboxylic acids is 1. The van der Waals surface area contributed by atoms with E-state index < -0.39 is 22.6 Å². The second-order valence-electron chi connectivity index (χ2n) is 5.10. The highest BCUT2D eigenvalue weighted by atomic mass is 35.5. The predicted molar refractivity (Wildman–Crippen MR) is 107 cm³/mol. The number of carboxylic acid groups (broad SMARTS) is 1. The molecule has 2 aromatic rings. The lowest BCUT2D eigenvalue weighted by molar-refractivity contribution is -0.139. The van der Waals surface area contributed by atoms with Crippen LogP contribution in [0, 0.1) is 0 Å². The van der Waals surface area contributed by atoms with Crippen LogP contribution in [0.2, 0.25) is 15.1 Å². The van der Waals surface area contributed by atoms with Gasteiger partial charge in [0.05, 0.1) is 15.1 Å². The molecule has 6 nitrogen and oxygen atoms in total. The minimum Gasteiger partial charge on any atom is -0.482 e. The third kappa shape index (κ3) is 6.74. The number of sulfonamides is 1. The normalized spacial score (nSPS) is 11.4.